The summed E-state index contributed by atoms with van der Waals surface area (Å²) >= 11 is 1.40. The Labute approximate surface area is 157 Å². The summed E-state index contributed by atoms with van der Waals surface area (Å²) in [6.45, 7) is 0.996. The molecule has 0 spiro atoms. The number of alkyl halides is 3. The number of halogens is 3. The van der Waals surface area contributed by atoms with Crippen LogP contribution in [0, 0.1) is 0 Å². The normalized spacial score (nSPS) is 25.1. The molecule has 2 aliphatic heterocycles. The van der Waals surface area contributed by atoms with Crippen molar-refractivity contribution in [1.29, 1.82) is 0 Å². The number of hydrogen-bond acceptors (Lipinski definition) is 5. The number of fused-ring (bicyclic) bond motifs is 1. The number of amides is 1. The van der Waals surface area contributed by atoms with E-state index in [4.69, 9.17) is 4.74 Å². The minimum absolute atomic E-state index is 0.0309. The summed E-state index contributed by atoms with van der Waals surface area (Å²) in [4.78, 5) is 13.2. The van der Waals surface area contributed by atoms with Gasteiger partial charge in [-0.1, -0.05) is 6.07 Å². The van der Waals surface area contributed by atoms with Crippen molar-refractivity contribution in [1.82, 2.24) is 15.1 Å². The maximum absolute atomic E-state index is 13.6. The van der Waals surface area contributed by atoms with E-state index in [2.05, 4.69) is 15.7 Å². The predicted molar refractivity (Wildman–Crippen MR) is 93.9 cm³/mol. The number of rotatable bonds is 4. The molecule has 10 heteroatoms. The highest BCUT2D eigenvalue weighted by Crippen LogP contribution is 2.44. The zero-order valence-corrected chi connectivity index (χ0v) is 15.1. The van der Waals surface area contributed by atoms with Gasteiger partial charge in [-0.15, -0.1) is 11.3 Å². The van der Waals surface area contributed by atoms with Gasteiger partial charge in [0.05, 0.1) is 12.1 Å². The van der Waals surface area contributed by atoms with Gasteiger partial charge in [0.2, 0.25) is 0 Å². The number of ether oxygens (including phenoxy) is 1. The maximum atomic E-state index is 13.6. The molecular weight excluding hydrogens is 381 g/mol. The lowest BCUT2D eigenvalue weighted by Crippen LogP contribution is -2.35. The Bertz CT molecular complexity index is 800. The van der Waals surface area contributed by atoms with Gasteiger partial charge in [-0.3, -0.25) is 4.79 Å². The summed E-state index contributed by atoms with van der Waals surface area (Å²) in [6.07, 6.45) is -2.87. The van der Waals surface area contributed by atoms with E-state index in [0.717, 1.165) is 22.4 Å². The Hall–Kier alpha value is -2.07. The van der Waals surface area contributed by atoms with E-state index in [9.17, 15) is 18.0 Å². The van der Waals surface area contributed by atoms with Gasteiger partial charge in [-0.05, 0) is 24.3 Å². The smallest absolute Gasteiger partial charge is 0.376 e. The Morgan fingerprint density at radius 2 is 2.33 bits per heavy atom. The van der Waals surface area contributed by atoms with Gasteiger partial charge >= 0.3 is 6.18 Å². The third-order valence-corrected chi connectivity index (χ3v) is 5.81. The molecule has 0 aliphatic carbocycles. The number of aromatic nitrogens is 2. The van der Waals surface area contributed by atoms with Crippen LogP contribution in [0.4, 0.5) is 19.0 Å². The molecule has 2 aromatic heterocycles. The minimum Gasteiger partial charge on any atom is -0.376 e. The Morgan fingerprint density at radius 1 is 1.48 bits per heavy atom. The number of nitrogens with one attached hydrogen (secondary N) is 2. The number of carbonyl (C=O) groups excluding carboxylic acids is 1. The summed E-state index contributed by atoms with van der Waals surface area (Å²) in [7, 11) is 0. The second-order valence-corrected chi connectivity index (χ2v) is 7.69. The molecule has 2 N–H and O–H groups in total. The average molecular weight is 400 g/mol. The molecule has 0 bridgehead atoms. The van der Waals surface area contributed by atoms with E-state index in [1.165, 1.54) is 17.4 Å². The first-order valence-corrected chi connectivity index (χ1v) is 9.66. The third kappa shape index (κ3) is 3.81. The minimum atomic E-state index is -4.45. The van der Waals surface area contributed by atoms with Crippen molar-refractivity contribution in [3.8, 4) is 0 Å². The second kappa shape index (κ2) is 7.16. The molecule has 1 fully saturated rings. The first kappa shape index (κ1) is 18.3. The number of hydrogen-bond donors (Lipinski definition) is 2. The fraction of sp³-hybridized carbons (Fsp3) is 0.529. The summed E-state index contributed by atoms with van der Waals surface area (Å²) in [6, 6.07) is 2.74. The topological polar surface area (TPSA) is 68.2 Å². The molecule has 27 heavy (non-hydrogen) atoms. The van der Waals surface area contributed by atoms with Gasteiger partial charge in [0.25, 0.3) is 5.91 Å². The Kier molecular flexibility index (Phi) is 4.85. The van der Waals surface area contributed by atoms with Gasteiger partial charge in [-0.2, -0.15) is 18.3 Å². The molecule has 0 saturated carbocycles. The van der Waals surface area contributed by atoms with Crippen molar-refractivity contribution in [2.24, 2.45) is 0 Å². The molecule has 4 rings (SSSR count). The zero-order chi connectivity index (χ0) is 19.0. The van der Waals surface area contributed by atoms with Crippen molar-refractivity contribution in [2.45, 2.75) is 43.6 Å². The molecule has 3 atom stereocenters. The van der Waals surface area contributed by atoms with Gasteiger partial charge in [-0.25, -0.2) is 4.68 Å². The summed E-state index contributed by atoms with van der Waals surface area (Å²) in [5.74, 6) is -0.299. The van der Waals surface area contributed by atoms with Crippen LogP contribution in [-0.4, -0.2) is 41.1 Å². The van der Waals surface area contributed by atoms with Crippen molar-refractivity contribution in [3.05, 3.63) is 34.2 Å². The van der Waals surface area contributed by atoms with E-state index in [1.807, 2.05) is 5.38 Å². The van der Waals surface area contributed by atoms with Gasteiger partial charge in [0, 0.05) is 30.5 Å². The predicted octanol–water partition coefficient (Wildman–Crippen LogP) is 3.51. The highest BCUT2D eigenvalue weighted by Gasteiger charge is 2.47. The molecule has 6 nitrogen and oxygen atoms in total. The van der Waals surface area contributed by atoms with Crippen LogP contribution in [0.5, 0.6) is 0 Å². The van der Waals surface area contributed by atoms with E-state index in [1.54, 1.807) is 12.1 Å². The van der Waals surface area contributed by atoms with Gasteiger partial charge in [0.1, 0.15) is 5.82 Å². The number of anilines is 1. The quantitative estimate of drug-likeness (QED) is 0.824. The lowest BCUT2D eigenvalue weighted by molar-refractivity contribution is -0.173. The molecule has 2 aliphatic rings. The molecule has 1 saturated heterocycles. The summed E-state index contributed by atoms with van der Waals surface area (Å²) in [5.41, 5.74) is -0.0309. The van der Waals surface area contributed by atoms with Crippen molar-refractivity contribution < 1.29 is 22.7 Å². The van der Waals surface area contributed by atoms with E-state index in [-0.39, 0.29) is 24.0 Å². The van der Waals surface area contributed by atoms with Crippen molar-refractivity contribution in [3.63, 3.8) is 0 Å². The number of thiophene rings is 1. The first-order chi connectivity index (χ1) is 12.9. The van der Waals surface area contributed by atoms with Crippen LogP contribution in [0.1, 0.15) is 46.7 Å². The second-order valence-electron chi connectivity index (χ2n) is 6.71. The van der Waals surface area contributed by atoms with Crippen LogP contribution in [-0.2, 0) is 4.74 Å². The molecule has 146 valence electrons. The number of nitrogens with zero attached hydrogens (tertiary/aromatic N) is 2. The zero-order valence-electron chi connectivity index (χ0n) is 14.3. The first-order valence-electron chi connectivity index (χ1n) is 8.78. The fourth-order valence-electron chi connectivity index (χ4n) is 3.46. The largest absolute Gasteiger partial charge is 0.410 e. The molecule has 0 aromatic carbocycles. The number of carbonyl (C=O) groups is 1. The molecule has 4 heterocycles. The van der Waals surface area contributed by atoms with Crippen LogP contribution < -0.4 is 10.6 Å². The fourth-order valence-corrected chi connectivity index (χ4v) is 4.25. The van der Waals surface area contributed by atoms with Gasteiger partial charge in [0.15, 0.2) is 11.7 Å². The monoisotopic (exact) mass is 400 g/mol. The Balaban J connectivity index is 1.55. The van der Waals surface area contributed by atoms with Gasteiger partial charge < -0.3 is 15.4 Å². The van der Waals surface area contributed by atoms with Crippen LogP contribution in [0.3, 0.4) is 0 Å². The lowest BCUT2D eigenvalue weighted by atomic mass is 10.0. The molecule has 0 radical (unpaired) electrons. The third-order valence-electron chi connectivity index (χ3n) is 4.82. The molecule has 0 unspecified atom stereocenters. The summed E-state index contributed by atoms with van der Waals surface area (Å²) < 4.78 is 47.1. The Morgan fingerprint density at radius 3 is 3.00 bits per heavy atom. The van der Waals surface area contributed by atoms with Crippen molar-refractivity contribution >= 4 is 23.1 Å². The van der Waals surface area contributed by atoms with E-state index < -0.39 is 24.2 Å². The maximum Gasteiger partial charge on any atom is 0.410 e. The van der Waals surface area contributed by atoms with Crippen LogP contribution in [0.2, 0.25) is 0 Å². The lowest BCUT2D eigenvalue weighted by Gasteiger charge is -2.32. The SMILES string of the molecule is O=C(NC[C@H]1CCCO1)c1cc2n(n1)[C@@H](C(F)(F)F)C[C@@H](c1cccs1)N2. The van der Waals surface area contributed by atoms with E-state index >= 15 is 0 Å². The molecular formula is C17H19F3N4O2S. The van der Waals surface area contributed by atoms with Crippen molar-refractivity contribution in [2.75, 3.05) is 18.5 Å². The van der Waals surface area contributed by atoms with Crippen LogP contribution in [0.15, 0.2) is 23.6 Å². The van der Waals surface area contributed by atoms with Crippen LogP contribution >= 0.6 is 11.3 Å². The summed E-state index contributed by atoms with van der Waals surface area (Å²) in [5, 5.41) is 11.5. The van der Waals surface area contributed by atoms with Crippen LogP contribution in [0.25, 0.3) is 0 Å². The van der Waals surface area contributed by atoms with E-state index in [0.29, 0.717) is 13.2 Å². The highest BCUT2D eigenvalue weighted by molar-refractivity contribution is 7.10. The molecule has 1 amide bonds. The molecule has 2 aromatic rings. The highest BCUT2D eigenvalue weighted by atomic mass is 32.1. The average Bonchev–Trinajstić information content (AvgIpc) is 3.38. The standard InChI is InChI=1S/C17H19F3N4O2S/c18-17(19,20)14-7-11(13-4-2-6-27-13)22-15-8-12(23-24(14)15)16(25)21-9-10-3-1-5-26-10/h2,4,6,8,10-11,14,22H,1,3,5,7,9H2,(H,21,25)/t10-,11+,14-/m1/s1.